The summed E-state index contributed by atoms with van der Waals surface area (Å²) in [5.41, 5.74) is 5.33. The number of anilines is 1. The number of nitrogens with zero attached hydrogens (tertiary/aromatic N) is 4. The van der Waals surface area contributed by atoms with Gasteiger partial charge < -0.3 is 19.5 Å². The predicted molar refractivity (Wildman–Crippen MR) is 152 cm³/mol. The minimum atomic E-state index is -0.326. The highest BCUT2D eigenvalue weighted by Crippen LogP contribution is 2.41. The number of carbonyl (C=O) groups excluding carboxylic acids is 2. The molecule has 3 heterocycles. The summed E-state index contributed by atoms with van der Waals surface area (Å²) < 4.78 is 7.57. The predicted octanol–water partition coefficient (Wildman–Crippen LogP) is 4.70. The van der Waals surface area contributed by atoms with Crippen molar-refractivity contribution in [2.24, 2.45) is 5.92 Å². The molecule has 6 rings (SSSR count). The van der Waals surface area contributed by atoms with E-state index in [1.165, 1.54) is 12.7 Å². The molecule has 1 aromatic heterocycles. The van der Waals surface area contributed by atoms with E-state index in [9.17, 15) is 9.59 Å². The van der Waals surface area contributed by atoms with Crippen molar-refractivity contribution in [1.82, 2.24) is 19.8 Å². The van der Waals surface area contributed by atoms with E-state index < -0.39 is 0 Å². The van der Waals surface area contributed by atoms with Gasteiger partial charge in [0.1, 0.15) is 5.82 Å². The molecule has 1 saturated carbocycles. The molecule has 3 aliphatic rings. The standard InChI is InChI=1S/C31H39N5O3/c1-21-11-12-25-26(35(21)31(38)39-2)13-14-27-29(25)33-28(19-22-7-4-3-5-8-22)36(27)24-10-6-9-23(20-24)30(37)34-17-15-32-16-18-34/h3-5,7-8,13-14,21,23-24,32H,6,9-12,15-20H2,1-2H3/t21-,23+,24-/m0/s1. The molecular weight excluding hydrogens is 490 g/mol. The van der Waals surface area contributed by atoms with E-state index in [-0.39, 0.29) is 24.1 Å². The van der Waals surface area contributed by atoms with Crippen LogP contribution < -0.4 is 10.2 Å². The summed E-state index contributed by atoms with van der Waals surface area (Å²) >= 11 is 0. The molecule has 2 aromatic carbocycles. The number of benzene rings is 2. The zero-order chi connectivity index (χ0) is 26.9. The van der Waals surface area contributed by atoms with Gasteiger partial charge in [-0.15, -0.1) is 0 Å². The van der Waals surface area contributed by atoms with Gasteiger partial charge in [-0.1, -0.05) is 36.8 Å². The molecule has 0 unspecified atom stereocenters. The molecule has 39 heavy (non-hydrogen) atoms. The highest BCUT2D eigenvalue weighted by molar-refractivity contribution is 5.95. The Morgan fingerprint density at radius 2 is 1.85 bits per heavy atom. The Labute approximate surface area is 230 Å². The van der Waals surface area contributed by atoms with Crippen molar-refractivity contribution in [2.45, 2.75) is 64.0 Å². The van der Waals surface area contributed by atoms with Gasteiger partial charge in [0.05, 0.1) is 23.8 Å². The number of ether oxygens (including phenoxy) is 1. The highest BCUT2D eigenvalue weighted by atomic mass is 16.5. The average molecular weight is 530 g/mol. The van der Waals surface area contributed by atoms with Gasteiger partial charge in [-0.2, -0.15) is 0 Å². The summed E-state index contributed by atoms with van der Waals surface area (Å²) in [6, 6.07) is 15.0. The summed E-state index contributed by atoms with van der Waals surface area (Å²) in [6.07, 6.45) is 6.03. The van der Waals surface area contributed by atoms with E-state index >= 15 is 0 Å². The number of fused-ring (bicyclic) bond motifs is 3. The van der Waals surface area contributed by atoms with E-state index in [1.807, 2.05) is 6.07 Å². The second-order valence-electron chi connectivity index (χ2n) is 11.3. The van der Waals surface area contributed by atoms with Crippen molar-refractivity contribution < 1.29 is 14.3 Å². The van der Waals surface area contributed by atoms with Gasteiger partial charge in [-0.25, -0.2) is 9.78 Å². The molecule has 8 heteroatoms. The lowest BCUT2D eigenvalue weighted by atomic mass is 9.84. The number of methoxy groups -OCH3 is 1. The van der Waals surface area contributed by atoms with Gasteiger partial charge in [0.2, 0.25) is 5.91 Å². The third-order valence-corrected chi connectivity index (χ3v) is 8.89. The minimum absolute atomic E-state index is 0.0529. The van der Waals surface area contributed by atoms with Crippen LogP contribution >= 0.6 is 0 Å². The number of aromatic nitrogens is 2. The summed E-state index contributed by atoms with van der Waals surface area (Å²) in [7, 11) is 1.44. The summed E-state index contributed by atoms with van der Waals surface area (Å²) in [4.78, 5) is 35.3. The largest absolute Gasteiger partial charge is 0.452 e. The van der Waals surface area contributed by atoms with Crippen molar-refractivity contribution in [3.8, 4) is 0 Å². The van der Waals surface area contributed by atoms with E-state index in [4.69, 9.17) is 9.72 Å². The van der Waals surface area contributed by atoms with E-state index in [2.05, 4.69) is 58.1 Å². The third kappa shape index (κ3) is 4.91. The highest BCUT2D eigenvalue weighted by Gasteiger charge is 2.35. The Bertz CT molecular complexity index is 1350. The van der Waals surface area contributed by atoms with Crippen molar-refractivity contribution in [3.05, 3.63) is 59.4 Å². The van der Waals surface area contributed by atoms with Crippen molar-refractivity contribution in [1.29, 1.82) is 0 Å². The summed E-state index contributed by atoms with van der Waals surface area (Å²) in [5.74, 6) is 1.40. The molecule has 1 aliphatic carbocycles. The normalized spacial score (nSPS) is 23.5. The second-order valence-corrected chi connectivity index (χ2v) is 11.3. The van der Waals surface area contributed by atoms with Crippen LogP contribution in [0.3, 0.4) is 0 Å². The van der Waals surface area contributed by atoms with Crippen molar-refractivity contribution in [2.75, 3.05) is 38.2 Å². The van der Waals surface area contributed by atoms with Gasteiger partial charge >= 0.3 is 6.09 Å². The molecule has 0 bridgehead atoms. The first kappa shape index (κ1) is 25.9. The quantitative estimate of drug-likeness (QED) is 0.530. The first-order valence-corrected chi connectivity index (χ1v) is 14.5. The van der Waals surface area contributed by atoms with Crippen molar-refractivity contribution >= 4 is 28.7 Å². The lowest BCUT2D eigenvalue weighted by Gasteiger charge is -2.36. The van der Waals surface area contributed by atoms with E-state index in [0.717, 1.165) is 99.2 Å². The fourth-order valence-corrected chi connectivity index (χ4v) is 6.90. The van der Waals surface area contributed by atoms with E-state index in [0.29, 0.717) is 5.91 Å². The molecule has 3 aromatic rings. The molecule has 1 saturated heterocycles. The average Bonchev–Trinajstić information content (AvgIpc) is 3.35. The molecule has 206 valence electrons. The summed E-state index contributed by atoms with van der Waals surface area (Å²) in [5, 5.41) is 3.36. The molecule has 8 nitrogen and oxygen atoms in total. The first-order valence-electron chi connectivity index (χ1n) is 14.5. The molecule has 0 spiro atoms. The zero-order valence-corrected chi connectivity index (χ0v) is 23.1. The molecule has 1 N–H and O–H groups in total. The Morgan fingerprint density at radius 1 is 1.05 bits per heavy atom. The SMILES string of the molecule is COC(=O)N1c2ccc3c(nc(Cc4ccccc4)n3[C@H]3CCC[C@@H](C(=O)N4CCNCC4)C3)c2CC[C@@H]1C. The van der Waals surface area contributed by atoms with Gasteiger partial charge in [-0.05, 0) is 56.7 Å². The van der Waals surface area contributed by atoms with Crippen LogP contribution in [0.4, 0.5) is 10.5 Å². The van der Waals surface area contributed by atoms with Gasteiger partial charge in [0.15, 0.2) is 0 Å². The van der Waals surface area contributed by atoms with Crippen LogP contribution in [-0.4, -0.2) is 65.8 Å². The van der Waals surface area contributed by atoms with Gasteiger partial charge in [-0.3, -0.25) is 9.69 Å². The number of nitrogens with one attached hydrogen (secondary N) is 1. The maximum atomic E-state index is 13.5. The lowest BCUT2D eigenvalue weighted by molar-refractivity contribution is -0.137. The van der Waals surface area contributed by atoms with Crippen LogP contribution in [0, 0.1) is 5.92 Å². The number of aryl methyl sites for hydroxylation is 1. The first-order chi connectivity index (χ1) is 19.0. The lowest BCUT2D eigenvalue weighted by Crippen LogP contribution is -2.49. The van der Waals surface area contributed by atoms with Crippen LogP contribution in [0.2, 0.25) is 0 Å². The molecule has 0 radical (unpaired) electrons. The molecule has 2 amide bonds. The van der Waals surface area contributed by atoms with Crippen LogP contribution in [0.1, 0.15) is 62.0 Å². The Kier molecular flexibility index (Phi) is 7.30. The smallest absolute Gasteiger partial charge is 0.414 e. The fourth-order valence-electron chi connectivity index (χ4n) is 6.90. The number of hydrogen-bond donors (Lipinski definition) is 1. The molecule has 2 fully saturated rings. The number of hydrogen-bond acceptors (Lipinski definition) is 5. The topological polar surface area (TPSA) is 79.7 Å². The van der Waals surface area contributed by atoms with Crippen LogP contribution in [-0.2, 0) is 22.4 Å². The summed E-state index contributed by atoms with van der Waals surface area (Å²) in [6.45, 7) is 5.42. The number of carbonyl (C=O) groups is 2. The number of imidazole rings is 1. The van der Waals surface area contributed by atoms with Crippen molar-refractivity contribution in [3.63, 3.8) is 0 Å². The number of rotatable bonds is 4. The Balaban J connectivity index is 1.40. The molecule has 2 aliphatic heterocycles. The third-order valence-electron chi connectivity index (χ3n) is 8.89. The molecular formula is C31H39N5O3. The fraction of sp³-hybridized carbons (Fsp3) is 0.516. The second kappa shape index (κ2) is 11.0. The van der Waals surface area contributed by atoms with Crippen LogP contribution in [0.25, 0.3) is 11.0 Å². The van der Waals surface area contributed by atoms with Gasteiger partial charge in [0, 0.05) is 56.2 Å². The Morgan fingerprint density at radius 3 is 2.62 bits per heavy atom. The van der Waals surface area contributed by atoms with Crippen LogP contribution in [0.5, 0.6) is 0 Å². The Hall–Kier alpha value is -3.39. The zero-order valence-electron chi connectivity index (χ0n) is 23.1. The van der Waals surface area contributed by atoms with Crippen LogP contribution in [0.15, 0.2) is 42.5 Å². The maximum Gasteiger partial charge on any atom is 0.414 e. The number of amides is 2. The number of piperazine rings is 1. The molecule has 3 atom stereocenters. The minimum Gasteiger partial charge on any atom is -0.452 e. The van der Waals surface area contributed by atoms with E-state index in [1.54, 1.807) is 4.90 Å². The van der Waals surface area contributed by atoms with Gasteiger partial charge in [0.25, 0.3) is 0 Å². The monoisotopic (exact) mass is 529 g/mol. The maximum absolute atomic E-state index is 13.5.